The van der Waals surface area contributed by atoms with Crippen LogP contribution in [0.25, 0.3) is 0 Å². The summed E-state index contributed by atoms with van der Waals surface area (Å²) in [6.45, 7) is 0.449. The van der Waals surface area contributed by atoms with Crippen molar-refractivity contribution in [3.8, 4) is 0 Å². The fraction of sp³-hybridized carbons (Fsp3) is 0.0833. The first-order valence-corrected chi connectivity index (χ1v) is 5.41. The van der Waals surface area contributed by atoms with Gasteiger partial charge in [0.15, 0.2) is 0 Å². The van der Waals surface area contributed by atoms with Crippen LogP contribution in [-0.4, -0.2) is 15.9 Å². The van der Waals surface area contributed by atoms with Crippen molar-refractivity contribution in [2.24, 2.45) is 0 Å². The largest absolute Gasteiger partial charge is 0.348 e. The molecule has 0 saturated carbocycles. The average molecular weight is 248 g/mol. The third-order valence-electron chi connectivity index (χ3n) is 2.19. The highest BCUT2D eigenvalue weighted by Gasteiger charge is 2.04. The third kappa shape index (κ3) is 3.26. The van der Waals surface area contributed by atoms with Gasteiger partial charge in [-0.3, -0.25) is 4.79 Å². The zero-order valence-corrected chi connectivity index (χ0v) is 9.69. The zero-order chi connectivity index (χ0) is 12.1. The van der Waals surface area contributed by atoms with Crippen molar-refractivity contribution < 1.29 is 4.79 Å². The predicted octanol–water partition coefficient (Wildman–Crippen LogP) is 2.06. The van der Waals surface area contributed by atoms with Crippen LogP contribution in [0.5, 0.6) is 0 Å². The summed E-state index contributed by atoms with van der Waals surface area (Å²) < 4.78 is 0. The summed E-state index contributed by atoms with van der Waals surface area (Å²) in [5.41, 5.74) is 1.43. The monoisotopic (exact) mass is 247 g/mol. The first kappa shape index (κ1) is 11.5. The van der Waals surface area contributed by atoms with E-state index in [1.165, 1.54) is 18.7 Å². The highest BCUT2D eigenvalue weighted by atomic mass is 35.5. The summed E-state index contributed by atoms with van der Waals surface area (Å²) in [4.78, 5) is 19.2. The molecule has 17 heavy (non-hydrogen) atoms. The highest BCUT2D eigenvalue weighted by Crippen LogP contribution is 2.09. The van der Waals surface area contributed by atoms with Crippen molar-refractivity contribution in [3.05, 3.63) is 59.1 Å². The van der Waals surface area contributed by atoms with E-state index in [-0.39, 0.29) is 5.91 Å². The van der Waals surface area contributed by atoms with E-state index in [0.717, 1.165) is 5.56 Å². The lowest BCUT2D eigenvalue weighted by atomic mass is 10.2. The predicted molar refractivity (Wildman–Crippen MR) is 64.7 cm³/mol. The molecule has 1 aromatic carbocycles. The Kier molecular flexibility index (Phi) is 3.67. The van der Waals surface area contributed by atoms with E-state index in [9.17, 15) is 4.79 Å². The Balaban J connectivity index is 1.95. The van der Waals surface area contributed by atoms with E-state index in [4.69, 9.17) is 11.6 Å². The Morgan fingerprint density at radius 2 is 1.82 bits per heavy atom. The number of hydrogen-bond acceptors (Lipinski definition) is 3. The maximum atomic E-state index is 11.7. The summed E-state index contributed by atoms with van der Waals surface area (Å²) >= 11 is 5.77. The van der Waals surface area contributed by atoms with Crippen LogP contribution < -0.4 is 5.32 Å². The second-order valence-electron chi connectivity index (χ2n) is 3.44. The molecule has 0 atom stereocenters. The molecule has 0 fully saturated rings. The molecule has 0 bridgehead atoms. The summed E-state index contributed by atoms with van der Waals surface area (Å²) in [5.74, 6) is -0.194. The Bertz CT molecular complexity index is 499. The number of nitrogens with zero attached hydrogens (tertiary/aromatic N) is 2. The van der Waals surface area contributed by atoms with Gasteiger partial charge in [-0.25, -0.2) is 9.97 Å². The number of amides is 1. The number of carbonyl (C=O) groups is 1. The molecular weight excluding hydrogens is 238 g/mol. The molecule has 2 rings (SSSR count). The summed E-state index contributed by atoms with van der Waals surface area (Å²) in [6, 6.07) is 7.30. The molecule has 1 amide bonds. The van der Waals surface area contributed by atoms with Gasteiger partial charge in [-0.05, 0) is 17.7 Å². The molecule has 86 valence electrons. The molecule has 0 aliphatic rings. The Morgan fingerprint density at radius 1 is 1.18 bits per heavy atom. The number of carbonyl (C=O) groups excluding carboxylic acids is 1. The number of halogens is 1. The lowest BCUT2D eigenvalue weighted by Gasteiger charge is -2.04. The van der Waals surface area contributed by atoms with E-state index in [0.29, 0.717) is 17.1 Å². The van der Waals surface area contributed by atoms with Gasteiger partial charge in [0.1, 0.15) is 6.33 Å². The molecule has 0 radical (unpaired) electrons. The smallest absolute Gasteiger partial charge is 0.254 e. The molecule has 1 heterocycles. The fourth-order valence-electron chi connectivity index (χ4n) is 1.30. The molecule has 0 saturated heterocycles. The van der Waals surface area contributed by atoms with Crippen molar-refractivity contribution in [2.75, 3.05) is 0 Å². The van der Waals surface area contributed by atoms with Gasteiger partial charge in [-0.1, -0.05) is 23.7 Å². The lowest BCUT2D eigenvalue weighted by molar-refractivity contribution is 0.0950. The van der Waals surface area contributed by atoms with Crippen molar-refractivity contribution in [1.82, 2.24) is 15.3 Å². The van der Waals surface area contributed by atoms with Crippen LogP contribution >= 0.6 is 11.6 Å². The first-order chi connectivity index (χ1) is 8.25. The van der Waals surface area contributed by atoms with Crippen molar-refractivity contribution >= 4 is 17.5 Å². The van der Waals surface area contributed by atoms with Crippen LogP contribution in [-0.2, 0) is 6.54 Å². The average Bonchev–Trinajstić information content (AvgIpc) is 2.39. The topological polar surface area (TPSA) is 54.9 Å². The van der Waals surface area contributed by atoms with E-state index in [1.807, 2.05) is 12.1 Å². The molecule has 0 aliphatic carbocycles. The minimum atomic E-state index is -0.194. The Morgan fingerprint density at radius 3 is 2.47 bits per heavy atom. The Labute approximate surface area is 104 Å². The molecule has 1 N–H and O–H groups in total. The Hall–Kier alpha value is -1.94. The van der Waals surface area contributed by atoms with E-state index in [1.54, 1.807) is 12.1 Å². The second kappa shape index (κ2) is 5.41. The molecule has 0 aliphatic heterocycles. The van der Waals surface area contributed by atoms with Gasteiger partial charge in [0.2, 0.25) is 0 Å². The summed E-state index contributed by atoms with van der Waals surface area (Å²) in [5, 5.41) is 3.45. The highest BCUT2D eigenvalue weighted by molar-refractivity contribution is 6.30. The van der Waals surface area contributed by atoms with Gasteiger partial charge in [0, 0.05) is 24.0 Å². The number of benzene rings is 1. The van der Waals surface area contributed by atoms with Gasteiger partial charge >= 0.3 is 0 Å². The normalized spacial score (nSPS) is 9.94. The fourth-order valence-corrected chi connectivity index (χ4v) is 1.43. The zero-order valence-electron chi connectivity index (χ0n) is 8.93. The van der Waals surface area contributed by atoms with Crippen molar-refractivity contribution in [2.45, 2.75) is 6.54 Å². The number of aromatic nitrogens is 2. The van der Waals surface area contributed by atoms with E-state index in [2.05, 4.69) is 15.3 Å². The van der Waals surface area contributed by atoms with Crippen LogP contribution in [0.2, 0.25) is 5.02 Å². The van der Waals surface area contributed by atoms with Crippen molar-refractivity contribution in [3.63, 3.8) is 0 Å². The number of nitrogens with one attached hydrogen (secondary N) is 1. The summed E-state index contributed by atoms with van der Waals surface area (Å²) in [7, 11) is 0. The van der Waals surface area contributed by atoms with Crippen LogP contribution in [0.3, 0.4) is 0 Å². The lowest BCUT2D eigenvalue weighted by Crippen LogP contribution is -2.22. The van der Waals surface area contributed by atoms with Gasteiger partial charge in [-0.2, -0.15) is 0 Å². The maximum Gasteiger partial charge on any atom is 0.254 e. The number of hydrogen-bond donors (Lipinski definition) is 1. The minimum Gasteiger partial charge on any atom is -0.348 e. The molecular formula is C12H10ClN3O. The SMILES string of the molecule is O=C(NCc1ccc(Cl)cc1)c1cncnc1. The number of rotatable bonds is 3. The second-order valence-corrected chi connectivity index (χ2v) is 3.87. The van der Waals surface area contributed by atoms with Crippen LogP contribution in [0, 0.1) is 0 Å². The molecule has 4 nitrogen and oxygen atoms in total. The standard InChI is InChI=1S/C12H10ClN3O/c13-11-3-1-9(2-4-11)5-16-12(17)10-6-14-8-15-7-10/h1-4,6-8H,5H2,(H,16,17). The van der Waals surface area contributed by atoms with E-state index >= 15 is 0 Å². The molecule has 0 unspecified atom stereocenters. The maximum absolute atomic E-state index is 11.7. The molecule has 1 aromatic heterocycles. The first-order valence-electron chi connectivity index (χ1n) is 5.03. The third-order valence-corrected chi connectivity index (χ3v) is 2.44. The van der Waals surface area contributed by atoms with Gasteiger partial charge in [-0.15, -0.1) is 0 Å². The molecule has 0 spiro atoms. The van der Waals surface area contributed by atoms with Gasteiger partial charge in [0.05, 0.1) is 5.56 Å². The molecule has 5 heteroatoms. The van der Waals surface area contributed by atoms with Gasteiger partial charge in [0.25, 0.3) is 5.91 Å². The van der Waals surface area contributed by atoms with Crippen LogP contribution in [0.4, 0.5) is 0 Å². The van der Waals surface area contributed by atoms with Crippen LogP contribution in [0.1, 0.15) is 15.9 Å². The van der Waals surface area contributed by atoms with Gasteiger partial charge < -0.3 is 5.32 Å². The summed E-state index contributed by atoms with van der Waals surface area (Å²) in [6.07, 6.45) is 4.34. The van der Waals surface area contributed by atoms with E-state index < -0.39 is 0 Å². The van der Waals surface area contributed by atoms with Crippen LogP contribution in [0.15, 0.2) is 43.0 Å². The quantitative estimate of drug-likeness (QED) is 0.903. The molecule has 2 aromatic rings. The van der Waals surface area contributed by atoms with Crippen molar-refractivity contribution in [1.29, 1.82) is 0 Å². The minimum absolute atomic E-state index is 0.194.